The van der Waals surface area contributed by atoms with Crippen molar-refractivity contribution in [2.24, 2.45) is 0 Å². The van der Waals surface area contributed by atoms with Gasteiger partial charge in [0.15, 0.2) is 33.3 Å². The average molecular weight is 748 g/mol. The topological polar surface area (TPSA) is 36.9 Å². The summed E-state index contributed by atoms with van der Waals surface area (Å²) in [6.07, 6.45) is 24.7. The second-order valence-electron chi connectivity index (χ2n) is 17.4. The molecule has 0 bridgehead atoms. The van der Waals surface area contributed by atoms with E-state index in [-0.39, 0.29) is 0 Å². The largest absolute Gasteiger partial charge is 0.437 e. The molecule has 0 aromatic rings. The molecule has 0 unspecified atom stereocenters. The van der Waals surface area contributed by atoms with E-state index in [0.29, 0.717) is 0 Å². The SMILES string of the molecule is C=CCCCCCC[Si](C)(C)O[Si](C)(C)O[Si](C)(C)CCCCCCCC[Si](C)(C)O[Si](C)(C)O[Si](C)(C)CCCCCCC=C. The standard InChI is InChI=1S/C36H82O4Si6/c1-15-17-19-21-25-29-33-41(3,4)37-45(11,12)39-43(7,8)35-31-27-23-24-28-32-36-44(9,10)40-46(13,14)38-42(5,6)34-30-26-22-20-18-16-2/h15-16H,1-2,17-36H2,3-14H3. The first-order chi connectivity index (χ1) is 21.2. The van der Waals surface area contributed by atoms with Crippen LogP contribution in [-0.4, -0.2) is 50.4 Å². The Balaban J connectivity index is 4.29. The van der Waals surface area contributed by atoms with Gasteiger partial charge in [-0.1, -0.05) is 89.2 Å². The molecule has 0 fully saturated rings. The highest BCUT2D eigenvalue weighted by Gasteiger charge is 2.40. The summed E-state index contributed by atoms with van der Waals surface area (Å²) in [5.41, 5.74) is 0. The van der Waals surface area contributed by atoms with E-state index >= 15 is 0 Å². The van der Waals surface area contributed by atoms with Crippen LogP contribution in [0.2, 0.25) is 103 Å². The van der Waals surface area contributed by atoms with Gasteiger partial charge in [0.05, 0.1) is 0 Å². The van der Waals surface area contributed by atoms with Crippen LogP contribution in [0, 0.1) is 0 Å². The van der Waals surface area contributed by atoms with Gasteiger partial charge in [0.25, 0.3) is 0 Å². The molecule has 0 atom stereocenters. The summed E-state index contributed by atoms with van der Waals surface area (Å²) in [7, 11) is -11.0. The van der Waals surface area contributed by atoms with Crippen LogP contribution >= 0.6 is 0 Å². The van der Waals surface area contributed by atoms with E-state index in [1.807, 2.05) is 12.2 Å². The Hall–Kier alpha value is 0.621. The predicted molar refractivity (Wildman–Crippen MR) is 223 cm³/mol. The third kappa shape index (κ3) is 27.4. The summed E-state index contributed by atoms with van der Waals surface area (Å²) in [5, 5.41) is 0. The highest BCUT2D eigenvalue weighted by Crippen LogP contribution is 2.29. The quantitative estimate of drug-likeness (QED) is 0.0402. The van der Waals surface area contributed by atoms with E-state index in [9.17, 15) is 0 Å². The van der Waals surface area contributed by atoms with Crippen LogP contribution in [0.3, 0.4) is 0 Å². The first kappa shape index (κ1) is 46.6. The molecule has 0 radical (unpaired) electrons. The average Bonchev–Trinajstić information content (AvgIpc) is 2.86. The van der Waals surface area contributed by atoms with E-state index in [0.717, 1.165) is 12.8 Å². The number of rotatable bonds is 31. The number of allylic oxidation sites excluding steroid dienone is 2. The summed E-state index contributed by atoms with van der Waals surface area (Å²) in [4.78, 5) is 0. The zero-order valence-corrected chi connectivity index (χ0v) is 39.3. The van der Waals surface area contributed by atoms with E-state index < -0.39 is 50.4 Å². The molecule has 0 aliphatic carbocycles. The molecule has 10 heteroatoms. The van der Waals surface area contributed by atoms with Crippen molar-refractivity contribution in [1.82, 2.24) is 0 Å². The number of hydrogen-bond acceptors (Lipinski definition) is 4. The van der Waals surface area contributed by atoms with E-state index in [4.69, 9.17) is 16.5 Å². The fraction of sp³-hybridized carbons (Fsp3) is 0.889. The maximum Gasteiger partial charge on any atom is 0.311 e. The van der Waals surface area contributed by atoms with Crippen molar-refractivity contribution in [3.63, 3.8) is 0 Å². The number of hydrogen-bond donors (Lipinski definition) is 0. The second kappa shape index (κ2) is 23.2. The van der Waals surface area contributed by atoms with Crippen LogP contribution in [0.25, 0.3) is 0 Å². The minimum atomic E-state index is -2.11. The molecule has 0 aromatic carbocycles. The second-order valence-corrected chi connectivity index (χ2v) is 42.3. The Morgan fingerprint density at radius 2 is 0.522 bits per heavy atom. The zero-order valence-electron chi connectivity index (χ0n) is 33.3. The van der Waals surface area contributed by atoms with Gasteiger partial charge in [-0.2, -0.15) is 0 Å². The molecule has 0 heterocycles. The van der Waals surface area contributed by atoms with Crippen LogP contribution < -0.4 is 0 Å². The maximum absolute atomic E-state index is 6.87. The van der Waals surface area contributed by atoms with Crippen molar-refractivity contribution in [2.45, 2.75) is 205 Å². The van der Waals surface area contributed by atoms with E-state index in [1.54, 1.807) is 0 Å². The minimum absolute atomic E-state index is 1.15. The maximum atomic E-state index is 6.87. The molecule has 274 valence electrons. The highest BCUT2D eigenvalue weighted by molar-refractivity contribution is 6.88. The molecule has 0 rings (SSSR count). The molecule has 46 heavy (non-hydrogen) atoms. The summed E-state index contributed by atoms with van der Waals surface area (Å²) >= 11 is 0. The summed E-state index contributed by atoms with van der Waals surface area (Å²) < 4.78 is 27.4. The van der Waals surface area contributed by atoms with Gasteiger partial charge in [-0.05, 0) is 128 Å². The first-order valence-corrected chi connectivity index (χ1v) is 37.3. The smallest absolute Gasteiger partial charge is 0.311 e. The minimum Gasteiger partial charge on any atom is -0.437 e. The lowest BCUT2D eigenvalue weighted by molar-refractivity contribution is 0.383. The van der Waals surface area contributed by atoms with Gasteiger partial charge in [0.1, 0.15) is 0 Å². The predicted octanol–water partition coefficient (Wildman–Crippen LogP) is 13.9. The molecular formula is C36H82O4Si6. The number of unbranched alkanes of at least 4 members (excludes halogenated alkanes) is 13. The van der Waals surface area contributed by atoms with Gasteiger partial charge in [-0.25, -0.2) is 0 Å². The van der Waals surface area contributed by atoms with E-state index in [2.05, 4.69) is 91.7 Å². The molecular weight excluding hydrogens is 665 g/mol. The van der Waals surface area contributed by atoms with Crippen LogP contribution in [0.5, 0.6) is 0 Å². The van der Waals surface area contributed by atoms with Crippen LogP contribution in [-0.2, 0) is 16.5 Å². The Labute approximate surface area is 296 Å². The molecule has 0 aliphatic rings. The molecule has 0 aromatic heterocycles. The van der Waals surface area contributed by atoms with Crippen molar-refractivity contribution in [3.8, 4) is 0 Å². The van der Waals surface area contributed by atoms with Crippen molar-refractivity contribution in [1.29, 1.82) is 0 Å². The summed E-state index contributed by atoms with van der Waals surface area (Å²) in [6.45, 7) is 36.1. The molecule has 0 amide bonds. The van der Waals surface area contributed by atoms with Crippen molar-refractivity contribution in [3.05, 3.63) is 25.3 Å². The molecule has 0 saturated carbocycles. The third-order valence-corrected chi connectivity index (χ3v) is 31.7. The van der Waals surface area contributed by atoms with Crippen LogP contribution in [0.15, 0.2) is 25.3 Å². The lowest BCUT2D eigenvalue weighted by Gasteiger charge is -2.39. The fourth-order valence-electron chi connectivity index (χ4n) is 7.10. The van der Waals surface area contributed by atoms with Crippen molar-refractivity contribution >= 4 is 50.4 Å². The van der Waals surface area contributed by atoms with E-state index in [1.165, 1.54) is 114 Å². The van der Waals surface area contributed by atoms with Crippen molar-refractivity contribution < 1.29 is 16.5 Å². The van der Waals surface area contributed by atoms with Crippen LogP contribution in [0.4, 0.5) is 0 Å². The molecule has 0 spiro atoms. The van der Waals surface area contributed by atoms with Gasteiger partial charge in [0.2, 0.25) is 0 Å². The van der Waals surface area contributed by atoms with Gasteiger partial charge >= 0.3 is 17.1 Å². The van der Waals surface area contributed by atoms with Crippen LogP contribution in [0.1, 0.15) is 103 Å². The molecule has 4 nitrogen and oxygen atoms in total. The lowest BCUT2D eigenvalue weighted by atomic mass is 10.1. The zero-order chi connectivity index (χ0) is 35.4. The monoisotopic (exact) mass is 746 g/mol. The third-order valence-electron chi connectivity index (χ3n) is 8.77. The Kier molecular flexibility index (Phi) is 23.5. The Morgan fingerprint density at radius 1 is 0.326 bits per heavy atom. The Morgan fingerprint density at radius 3 is 0.739 bits per heavy atom. The fourth-order valence-corrected chi connectivity index (χ4v) is 35.5. The van der Waals surface area contributed by atoms with Gasteiger partial charge in [-0.3, -0.25) is 0 Å². The normalized spacial score (nSPS) is 13.7. The lowest BCUT2D eigenvalue weighted by Crippen LogP contribution is -2.52. The first-order valence-electron chi connectivity index (χ1n) is 19.2. The molecule has 0 N–H and O–H groups in total. The van der Waals surface area contributed by atoms with Gasteiger partial charge in [-0.15, -0.1) is 13.2 Å². The molecule has 0 saturated heterocycles. The highest BCUT2D eigenvalue weighted by atomic mass is 28.5. The van der Waals surface area contributed by atoms with Gasteiger partial charge < -0.3 is 16.5 Å². The van der Waals surface area contributed by atoms with Gasteiger partial charge in [0, 0.05) is 0 Å². The summed E-state index contributed by atoms with van der Waals surface area (Å²) in [6, 6.07) is 5.00. The Bertz CT molecular complexity index is 748. The molecule has 0 aliphatic heterocycles. The van der Waals surface area contributed by atoms with Crippen molar-refractivity contribution in [2.75, 3.05) is 0 Å². The summed E-state index contributed by atoms with van der Waals surface area (Å²) in [5.74, 6) is 0.